The highest BCUT2D eigenvalue weighted by Gasteiger charge is 2.50. The van der Waals surface area contributed by atoms with Crippen LogP contribution >= 0.6 is 0 Å². The van der Waals surface area contributed by atoms with Gasteiger partial charge in [0.2, 0.25) is 11.7 Å². The summed E-state index contributed by atoms with van der Waals surface area (Å²) in [6.45, 7) is 27.4. The Hall–Kier alpha value is -4.20. The van der Waals surface area contributed by atoms with E-state index in [9.17, 15) is 14.7 Å². The molecule has 3 aliphatic carbocycles. The van der Waals surface area contributed by atoms with Crippen LogP contribution in [0.2, 0.25) is 0 Å². The standard InChI is InChI=1S/C47H63N3O5/c1-14-27-23-29-26(4)37(48-32(29)22-25(27)3)35-39(51)36(40(35)52)38-33(28-18-16-15-17-19-28)34(42(49-38)50-44(54)47(11,12)13)43(53)55-41-30(45(5,6)7)20-24(2)21-31(41)46(8,9)10/h15-19,24-25,27,30-31,41,48,51H,14,20-23H2,1-13H3,(H,49,50,54). The summed E-state index contributed by atoms with van der Waals surface area (Å²) in [4.78, 5) is 51.5. The first-order valence-corrected chi connectivity index (χ1v) is 20.4. The molecule has 1 aliphatic heterocycles. The minimum Gasteiger partial charge on any atom is -0.506 e. The molecule has 3 N–H and O–H groups in total. The summed E-state index contributed by atoms with van der Waals surface area (Å²) in [7, 11) is 0. The monoisotopic (exact) mass is 749 g/mol. The molecule has 2 aromatic rings. The van der Waals surface area contributed by atoms with E-state index in [1.165, 1.54) is 5.56 Å². The van der Waals surface area contributed by atoms with Crippen LogP contribution < -0.4 is 5.32 Å². The number of aromatic amines is 1. The molecule has 8 heteroatoms. The summed E-state index contributed by atoms with van der Waals surface area (Å²) in [5.41, 5.74) is 4.36. The van der Waals surface area contributed by atoms with Gasteiger partial charge in [0.1, 0.15) is 23.3 Å². The van der Waals surface area contributed by atoms with Gasteiger partial charge in [-0.05, 0) is 77.9 Å². The molecule has 6 rings (SSSR count). The summed E-state index contributed by atoms with van der Waals surface area (Å²) < 4.78 is 6.75. The third kappa shape index (κ3) is 7.42. The number of amidine groups is 1. The number of carbonyl (C=O) groups excluding carboxylic acids is 3. The Kier molecular flexibility index (Phi) is 10.6. The largest absolute Gasteiger partial charge is 0.506 e. The number of hydrogen-bond acceptors (Lipinski definition) is 6. The van der Waals surface area contributed by atoms with E-state index >= 15 is 4.79 Å². The molecule has 0 spiro atoms. The summed E-state index contributed by atoms with van der Waals surface area (Å²) in [6, 6.07) is 9.29. The van der Waals surface area contributed by atoms with Crippen LogP contribution in [0.5, 0.6) is 0 Å². The number of ketones is 1. The molecule has 296 valence electrons. The van der Waals surface area contributed by atoms with Crippen LogP contribution in [0.1, 0.15) is 130 Å². The number of benzene rings is 1. The van der Waals surface area contributed by atoms with Crippen LogP contribution in [0, 0.1) is 52.8 Å². The van der Waals surface area contributed by atoms with Gasteiger partial charge in [-0.2, -0.15) is 0 Å². The van der Waals surface area contributed by atoms with Crippen molar-refractivity contribution < 1.29 is 24.2 Å². The Balaban J connectivity index is 1.53. The molecule has 1 aromatic carbocycles. The fourth-order valence-corrected chi connectivity index (χ4v) is 9.41. The van der Waals surface area contributed by atoms with E-state index in [0.717, 1.165) is 43.4 Å². The Morgan fingerprint density at radius 1 is 0.909 bits per heavy atom. The van der Waals surface area contributed by atoms with Crippen molar-refractivity contribution in [3.8, 4) is 0 Å². The molecule has 4 unspecified atom stereocenters. The first kappa shape index (κ1) is 40.5. The van der Waals surface area contributed by atoms with E-state index in [1.54, 1.807) is 20.8 Å². The number of aliphatic imine (C=N–C) groups is 1. The van der Waals surface area contributed by atoms with Crippen molar-refractivity contribution >= 4 is 34.6 Å². The molecule has 1 saturated carbocycles. The fraction of sp³-hybridized carbons (Fsp3) is 0.574. The number of nitrogens with one attached hydrogen (secondary N) is 2. The topological polar surface area (TPSA) is 121 Å². The Morgan fingerprint density at radius 3 is 2.04 bits per heavy atom. The van der Waals surface area contributed by atoms with Gasteiger partial charge in [-0.1, -0.05) is 120 Å². The minimum atomic E-state index is -0.811. The van der Waals surface area contributed by atoms with E-state index in [1.807, 2.05) is 37.3 Å². The molecule has 1 aromatic heterocycles. The van der Waals surface area contributed by atoms with Gasteiger partial charge in [-0.3, -0.25) is 9.59 Å². The molecule has 2 heterocycles. The van der Waals surface area contributed by atoms with Crippen LogP contribution in [0.25, 0.3) is 11.1 Å². The van der Waals surface area contributed by atoms with Crippen LogP contribution in [-0.2, 0) is 32.0 Å². The van der Waals surface area contributed by atoms with Gasteiger partial charge in [0, 0.05) is 28.5 Å². The lowest BCUT2D eigenvalue weighted by Crippen LogP contribution is -2.50. The quantitative estimate of drug-likeness (QED) is 0.208. The minimum absolute atomic E-state index is 0.0234. The molecule has 0 saturated heterocycles. The second-order valence-corrected chi connectivity index (χ2v) is 20.1. The number of aromatic nitrogens is 1. The number of ether oxygens (including phenoxy) is 1. The lowest BCUT2D eigenvalue weighted by Gasteiger charge is -2.50. The second kappa shape index (κ2) is 14.4. The van der Waals surface area contributed by atoms with Gasteiger partial charge >= 0.3 is 5.97 Å². The smallest absolute Gasteiger partial charge is 0.342 e. The third-order valence-electron chi connectivity index (χ3n) is 12.9. The van der Waals surface area contributed by atoms with Crippen molar-refractivity contribution in [2.75, 3.05) is 0 Å². The van der Waals surface area contributed by atoms with E-state index in [0.29, 0.717) is 34.6 Å². The van der Waals surface area contributed by atoms with E-state index < -0.39 is 17.5 Å². The molecule has 0 radical (unpaired) electrons. The number of esters is 1. The number of allylic oxidation sites excluding steroid dienone is 3. The van der Waals surface area contributed by atoms with Crippen molar-refractivity contribution in [3.05, 3.63) is 81.0 Å². The van der Waals surface area contributed by atoms with Gasteiger partial charge in [-0.25, -0.2) is 9.79 Å². The highest BCUT2D eigenvalue weighted by Crippen LogP contribution is 2.51. The third-order valence-corrected chi connectivity index (χ3v) is 12.9. The van der Waals surface area contributed by atoms with Gasteiger partial charge in [0.05, 0.1) is 22.5 Å². The first-order chi connectivity index (χ1) is 25.5. The van der Waals surface area contributed by atoms with Crippen molar-refractivity contribution in [1.82, 2.24) is 10.3 Å². The summed E-state index contributed by atoms with van der Waals surface area (Å²) in [5.74, 6) is 0.269. The number of hydrogen-bond donors (Lipinski definition) is 3. The number of nitrogens with zero attached hydrogens (tertiary/aromatic N) is 1. The van der Waals surface area contributed by atoms with E-state index in [-0.39, 0.29) is 68.4 Å². The van der Waals surface area contributed by atoms with Crippen LogP contribution in [0.15, 0.2) is 57.9 Å². The van der Waals surface area contributed by atoms with Crippen molar-refractivity contribution in [1.29, 1.82) is 0 Å². The Labute approximate surface area is 328 Å². The van der Waals surface area contributed by atoms with Gasteiger partial charge in [0.25, 0.3) is 0 Å². The van der Waals surface area contributed by atoms with Gasteiger partial charge in [0.15, 0.2) is 0 Å². The average molecular weight is 750 g/mol. The zero-order valence-corrected chi connectivity index (χ0v) is 35.4. The number of amides is 1. The Bertz CT molecular complexity index is 2000. The highest BCUT2D eigenvalue weighted by atomic mass is 16.5. The van der Waals surface area contributed by atoms with Gasteiger partial charge in [-0.15, -0.1) is 0 Å². The first-order valence-electron chi connectivity index (χ1n) is 20.4. The second-order valence-electron chi connectivity index (χ2n) is 20.1. The van der Waals surface area contributed by atoms with Crippen molar-refractivity contribution in [2.45, 2.75) is 128 Å². The lowest BCUT2D eigenvalue weighted by molar-refractivity contribution is -0.164. The molecule has 0 bridgehead atoms. The maximum Gasteiger partial charge on any atom is 0.342 e. The molecule has 8 nitrogen and oxygen atoms in total. The number of rotatable bonds is 5. The van der Waals surface area contributed by atoms with Crippen LogP contribution in [0.3, 0.4) is 0 Å². The van der Waals surface area contributed by atoms with E-state index in [4.69, 9.17) is 9.73 Å². The van der Waals surface area contributed by atoms with Crippen molar-refractivity contribution in [3.63, 3.8) is 0 Å². The molecule has 55 heavy (non-hydrogen) atoms. The maximum absolute atomic E-state index is 15.0. The predicted octanol–water partition coefficient (Wildman–Crippen LogP) is 9.88. The molecule has 4 atom stereocenters. The molecular formula is C47H63N3O5. The average Bonchev–Trinajstić information content (AvgIpc) is 3.60. The maximum atomic E-state index is 15.0. The SMILES string of the molecule is CCC1Cc2c([nH]c(C3=C(O)C(=C4N=C(NC(=O)C(C)(C)C)C(C(=O)OC5C(C(C)(C)C)CC(C)CC5C(C)(C)C)=C4c4ccccc4)C3=O)c2C)CC1C. The van der Waals surface area contributed by atoms with Crippen LogP contribution in [0.4, 0.5) is 0 Å². The van der Waals surface area contributed by atoms with Crippen LogP contribution in [-0.4, -0.2) is 39.7 Å². The number of H-pyrrole nitrogens is 1. The summed E-state index contributed by atoms with van der Waals surface area (Å²) in [6.07, 6.45) is 4.36. The number of Topliss-reactive ketones (excluding diaryl/α,β-unsaturated/α-hetero) is 1. The Morgan fingerprint density at radius 2 is 1.51 bits per heavy atom. The molecule has 1 amide bonds. The highest BCUT2D eigenvalue weighted by molar-refractivity contribution is 6.41. The van der Waals surface area contributed by atoms with Crippen molar-refractivity contribution in [2.24, 2.45) is 50.8 Å². The molecule has 1 fully saturated rings. The summed E-state index contributed by atoms with van der Waals surface area (Å²) in [5, 5.41) is 14.8. The number of aliphatic hydroxyl groups excluding tert-OH is 1. The zero-order valence-electron chi connectivity index (χ0n) is 35.4. The summed E-state index contributed by atoms with van der Waals surface area (Å²) >= 11 is 0. The zero-order chi connectivity index (χ0) is 40.5. The fourth-order valence-electron chi connectivity index (χ4n) is 9.41. The number of carbonyl (C=O) groups is 3. The number of aliphatic hydroxyl groups is 1. The molecule has 4 aliphatic rings. The predicted molar refractivity (Wildman–Crippen MR) is 220 cm³/mol. The molecular weight excluding hydrogens is 687 g/mol. The number of fused-ring (bicyclic) bond motifs is 1. The lowest BCUT2D eigenvalue weighted by atomic mass is 9.59. The van der Waals surface area contributed by atoms with Gasteiger partial charge < -0.3 is 20.1 Å². The normalized spacial score (nSPS) is 27.5. The van der Waals surface area contributed by atoms with E-state index in [2.05, 4.69) is 72.6 Å².